The van der Waals surface area contributed by atoms with Crippen LogP contribution in [0, 0.1) is 6.92 Å². The summed E-state index contributed by atoms with van der Waals surface area (Å²) in [4.78, 5) is 28.7. The van der Waals surface area contributed by atoms with Gasteiger partial charge in [0.05, 0.1) is 18.8 Å². The molecule has 2 aromatic heterocycles. The third-order valence-electron chi connectivity index (χ3n) is 5.10. The standard InChI is InChI=1S/C19H23N5O2/c1-12-5-6-14-15(7-12)19(26)22(4)18-16(14)8-20-24(18)13-9-23(10-13)17(25)11-21(2)3/h5-8,13H,9-11H2,1-4H3. The van der Waals surface area contributed by atoms with Gasteiger partial charge in [-0.3, -0.25) is 14.2 Å². The molecule has 4 rings (SSSR count). The topological polar surface area (TPSA) is 63.4 Å². The van der Waals surface area contributed by atoms with Gasteiger partial charge in [-0.05, 0) is 32.5 Å². The van der Waals surface area contributed by atoms with Crippen molar-refractivity contribution in [1.29, 1.82) is 0 Å². The van der Waals surface area contributed by atoms with E-state index in [0.717, 1.165) is 27.4 Å². The Morgan fingerprint density at radius 3 is 2.65 bits per heavy atom. The van der Waals surface area contributed by atoms with Gasteiger partial charge in [-0.2, -0.15) is 5.10 Å². The molecule has 0 bridgehead atoms. The van der Waals surface area contributed by atoms with Crippen LogP contribution in [0.15, 0.2) is 29.2 Å². The summed E-state index contributed by atoms with van der Waals surface area (Å²) in [5.41, 5.74) is 1.87. The molecule has 0 unspecified atom stereocenters. The van der Waals surface area contributed by atoms with Gasteiger partial charge in [-0.1, -0.05) is 17.7 Å². The van der Waals surface area contributed by atoms with Crippen LogP contribution in [0.25, 0.3) is 21.8 Å². The van der Waals surface area contributed by atoms with Crippen LogP contribution in [0.5, 0.6) is 0 Å². The first kappa shape index (κ1) is 16.8. The number of amides is 1. The quantitative estimate of drug-likeness (QED) is 0.708. The Morgan fingerprint density at radius 2 is 1.96 bits per heavy atom. The summed E-state index contributed by atoms with van der Waals surface area (Å²) < 4.78 is 3.57. The predicted molar refractivity (Wildman–Crippen MR) is 101 cm³/mol. The number of pyridine rings is 1. The maximum Gasteiger partial charge on any atom is 0.259 e. The van der Waals surface area contributed by atoms with Crippen LogP contribution >= 0.6 is 0 Å². The monoisotopic (exact) mass is 353 g/mol. The molecule has 3 aromatic rings. The molecule has 0 saturated carbocycles. The summed E-state index contributed by atoms with van der Waals surface area (Å²) >= 11 is 0. The van der Waals surface area contributed by atoms with E-state index in [9.17, 15) is 9.59 Å². The van der Waals surface area contributed by atoms with E-state index in [1.165, 1.54) is 0 Å². The summed E-state index contributed by atoms with van der Waals surface area (Å²) in [7, 11) is 5.57. The maximum atomic E-state index is 12.8. The Hall–Kier alpha value is -2.67. The second-order valence-electron chi connectivity index (χ2n) is 7.43. The van der Waals surface area contributed by atoms with Gasteiger partial charge in [0.1, 0.15) is 5.65 Å². The molecule has 0 radical (unpaired) electrons. The number of rotatable bonds is 3. The summed E-state index contributed by atoms with van der Waals surface area (Å²) in [6, 6.07) is 6.05. The SMILES string of the molecule is Cc1ccc2c(c1)c(=O)n(C)c1c2cnn1C1CN(C(=O)CN(C)C)C1. The maximum absolute atomic E-state index is 12.8. The molecule has 3 heterocycles. The molecule has 1 aromatic carbocycles. The average molecular weight is 353 g/mol. The molecule has 26 heavy (non-hydrogen) atoms. The lowest BCUT2D eigenvalue weighted by Gasteiger charge is -2.40. The minimum absolute atomic E-state index is 0.0159. The van der Waals surface area contributed by atoms with Gasteiger partial charge in [-0.15, -0.1) is 0 Å². The van der Waals surface area contributed by atoms with E-state index < -0.39 is 0 Å². The van der Waals surface area contributed by atoms with Crippen molar-refractivity contribution in [1.82, 2.24) is 24.1 Å². The van der Waals surface area contributed by atoms with Crippen LogP contribution in [0.4, 0.5) is 0 Å². The molecule has 1 saturated heterocycles. The molecule has 0 atom stereocenters. The second kappa shape index (κ2) is 5.95. The van der Waals surface area contributed by atoms with Crippen LogP contribution in [0.1, 0.15) is 11.6 Å². The average Bonchev–Trinajstić information content (AvgIpc) is 2.95. The van der Waals surface area contributed by atoms with Crippen molar-refractivity contribution in [3.05, 3.63) is 40.3 Å². The van der Waals surface area contributed by atoms with Crippen LogP contribution in [-0.4, -0.2) is 63.8 Å². The number of aromatic nitrogens is 3. The predicted octanol–water partition coefficient (Wildman–Crippen LogP) is 1.14. The summed E-state index contributed by atoms with van der Waals surface area (Å²) in [5.74, 6) is 0.123. The van der Waals surface area contributed by atoms with E-state index in [1.807, 2.05) is 59.9 Å². The fraction of sp³-hybridized carbons (Fsp3) is 0.421. The van der Waals surface area contributed by atoms with Crippen molar-refractivity contribution in [3.63, 3.8) is 0 Å². The minimum atomic E-state index is -0.0159. The summed E-state index contributed by atoms with van der Waals surface area (Å²) in [5, 5.41) is 7.18. The van der Waals surface area contributed by atoms with Gasteiger partial charge < -0.3 is 9.80 Å². The van der Waals surface area contributed by atoms with Crippen molar-refractivity contribution in [2.45, 2.75) is 13.0 Å². The molecule has 0 N–H and O–H groups in total. The van der Waals surface area contributed by atoms with Gasteiger partial charge in [0.25, 0.3) is 5.56 Å². The summed E-state index contributed by atoms with van der Waals surface area (Å²) in [6.07, 6.45) is 1.83. The number of benzene rings is 1. The molecule has 7 nitrogen and oxygen atoms in total. The summed E-state index contributed by atoms with van der Waals surface area (Å²) in [6.45, 7) is 3.66. The highest BCUT2D eigenvalue weighted by atomic mass is 16.2. The smallest absolute Gasteiger partial charge is 0.259 e. The lowest BCUT2D eigenvalue weighted by atomic mass is 10.1. The van der Waals surface area contributed by atoms with Gasteiger partial charge in [0, 0.05) is 30.9 Å². The van der Waals surface area contributed by atoms with Gasteiger partial charge in [0.2, 0.25) is 5.91 Å². The number of likely N-dealkylation sites (tertiary alicyclic amines) is 1. The van der Waals surface area contributed by atoms with Crippen molar-refractivity contribution in [2.24, 2.45) is 7.05 Å². The largest absolute Gasteiger partial charge is 0.337 e. The van der Waals surface area contributed by atoms with Gasteiger partial charge in [0.15, 0.2) is 0 Å². The van der Waals surface area contributed by atoms with Gasteiger partial charge in [-0.25, -0.2) is 4.68 Å². The number of carbonyl (C=O) groups is 1. The molecule has 0 aliphatic carbocycles. The highest BCUT2D eigenvalue weighted by Gasteiger charge is 2.34. The zero-order valence-electron chi connectivity index (χ0n) is 15.6. The highest BCUT2D eigenvalue weighted by molar-refractivity contribution is 6.04. The highest BCUT2D eigenvalue weighted by Crippen LogP contribution is 2.28. The second-order valence-corrected chi connectivity index (χ2v) is 7.43. The zero-order valence-corrected chi connectivity index (χ0v) is 15.6. The molecule has 7 heteroatoms. The molecular weight excluding hydrogens is 330 g/mol. The van der Waals surface area contributed by atoms with Crippen molar-refractivity contribution >= 4 is 27.7 Å². The molecule has 136 valence electrons. The third kappa shape index (κ3) is 2.50. The molecule has 1 aliphatic heterocycles. The molecular formula is C19H23N5O2. The first-order valence-electron chi connectivity index (χ1n) is 8.76. The first-order valence-corrected chi connectivity index (χ1v) is 8.76. The van der Waals surface area contributed by atoms with Crippen LogP contribution in [0.3, 0.4) is 0 Å². The zero-order chi connectivity index (χ0) is 18.6. The number of fused-ring (bicyclic) bond motifs is 3. The number of likely N-dealkylation sites (N-methyl/N-ethyl adjacent to an activating group) is 1. The number of hydrogen-bond acceptors (Lipinski definition) is 4. The first-order chi connectivity index (χ1) is 12.4. The number of hydrogen-bond donors (Lipinski definition) is 0. The number of aryl methyl sites for hydroxylation is 2. The van der Waals surface area contributed by atoms with E-state index in [4.69, 9.17) is 0 Å². The Labute approximate surface area is 151 Å². The Kier molecular flexibility index (Phi) is 3.84. The van der Waals surface area contributed by atoms with E-state index in [0.29, 0.717) is 19.6 Å². The molecule has 1 aliphatic rings. The van der Waals surface area contributed by atoms with Crippen molar-refractivity contribution < 1.29 is 4.79 Å². The van der Waals surface area contributed by atoms with E-state index in [1.54, 1.807) is 11.6 Å². The Balaban J connectivity index is 1.73. The van der Waals surface area contributed by atoms with Crippen molar-refractivity contribution in [3.8, 4) is 0 Å². The van der Waals surface area contributed by atoms with Crippen LogP contribution in [0.2, 0.25) is 0 Å². The molecule has 1 fully saturated rings. The fourth-order valence-electron chi connectivity index (χ4n) is 3.68. The lowest BCUT2D eigenvalue weighted by Crippen LogP contribution is -2.53. The minimum Gasteiger partial charge on any atom is -0.337 e. The number of carbonyl (C=O) groups excluding carboxylic acids is 1. The van der Waals surface area contributed by atoms with Crippen LogP contribution < -0.4 is 5.56 Å². The Morgan fingerprint density at radius 1 is 1.23 bits per heavy atom. The fourth-order valence-corrected chi connectivity index (χ4v) is 3.68. The van der Waals surface area contributed by atoms with Crippen molar-refractivity contribution in [2.75, 3.05) is 33.7 Å². The molecule has 1 amide bonds. The lowest BCUT2D eigenvalue weighted by molar-refractivity contribution is -0.137. The van der Waals surface area contributed by atoms with Crippen LogP contribution in [-0.2, 0) is 11.8 Å². The van der Waals surface area contributed by atoms with E-state index >= 15 is 0 Å². The normalized spacial score (nSPS) is 15.2. The van der Waals surface area contributed by atoms with E-state index in [2.05, 4.69) is 5.10 Å². The third-order valence-corrected chi connectivity index (χ3v) is 5.10. The Bertz CT molecular complexity index is 1070. The van der Waals surface area contributed by atoms with E-state index in [-0.39, 0.29) is 17.5 Å². The number of nitrogens with zero attached hydrogens (tertiary/aromatic N) is 5. The molecule has 0 spiro atoms. The van der Waals surface area contributed by atoms with Gasteiger partial charge >= 0.3 is 0 Å².